The highest BCUT2D eigenvalue weighted by atomic mass is 35.5. The summed E-state index contributed by atoms with van der Waals surface area (Å²) in [4.78, 5) is 12.3. The van der Waals surface area contributed by atoms with Gasteiger partial charge in [0.15, 0.2) is 4.84 Å². The Labute approximate surface area is 95.9 Å². The first-order chi connectivity index (χ1) is 6.16. The van der Waals surface area contributed by atoms with Crippen LogP contribution >= 0.6 is 23.2 Å². The van der Waals surface area contributed by atoms with Gasteiger partial charge in [-0.15, -0.1) is 0 Å². The predicted molar refractivity (Wildman–Crippen MR) is 61.8 cm³/mol. The van der Waals surface area contributed by atoms with Gasteiger partial charge in [-0.2, -0.15) is 0 Å². The molecule has 0 saturated carbocycles. The van der Waals surface area contributed by atoms with Gasteiger partial charge in [0.1, 0.15) is 0 Å². The molecule has 82 valence electrons. The molecule has 0 aromatic carbocycles. The Bertz CT molecular complexity index is 231. The summed E-state index contributed by atoms with van der Waals surface area (Å²) in [6, 6.07) is 0. The first kappa shape index (κ1) is 13.8. The van der Waals surface area contributed by atoms with Crippen molar-refractivity contribution in [1.82, 2.24) is 4.90 Å². The van der Waals surface area contributed by atoms with Gasteiger partial charge in [-0.3, -0.25) is 4.79 Å². The Morgan fingerprint density at radius 2 is 1.86 bits per heavy atom. The van der Waals surface area contributed by atoms with Gasteiger partial charge in [-0.1, -0.05) is 35.4 Å². The van der Waals surface area contributed by atoms with Crippen LogP contribution in [-0.2, 0) is 4.79 Å². The van der Waals surface area contributed by atoms with E-state index in [-0.39, 0.29) is 11.4 Å². The van der Waals surface area contributed by atoms with Gasteiger partial charge in [-0.25, -0.2) is 0 Å². The van der Waals surface area contributed by atoms with Crippen LogP contribution in [0.1, 0.15) is 27.7 Å². The topological polar surface area (TPSA) is 20.3 Å². The molecule has 0 spiro atoms. The van der Waals surface area contributed by atoms with Crippen molar-refractivity contribution in [1.29, 1.82) is 0 Å². The highest BCUT2D eigenvalue weighted by Gasteiger charge is 2.29. The summed E-state index contributed by atoms with van der Waals surface area (Å²) in [6.45, 7) is 11.9. The zero-order valence-electron chi connectivity index (χ0n) is 9.10. The first-order valence-electron chi connectivity index (χ1n) is 4.40. The highest BCUT2D eigenvalue weighted by Crippen LogP contribution is 2.19. The van der Waals surface area contributed by atoms with Gasteiger partial charge in [-0.05, 0) is 27.7 Å². The lowest BCUT2D eigenvalue weighted by atomic mass is 10.1. The molecule has 0 aliphatic carbocycles. The van der Waals surface area contributed by atoms with Crippen molar-refractivity contribution in [3.8, 4) is 0 Å². The second kappa shape index (κ2) is 5.04. The van der Waals surface area contributed by atoms with Crippen molar-refractivity contribution >= 4 is 29.1 Å². The summed E-state index contributed by atoms with van der Waals surface area (Å²) in [6.07, 6.45) is 0. The molecule has 0 aromatic heterocycles. The van der Waals surface area contributed by atoms with E-state index in [1.807, 2.05) is 27.7 Å². The molecule has 0 saturated heterocycles. The van der Waals surface area contributed by atoms with Crippen LogP contribution in [0.4, 0.5) is 0 Å². The number of amides is 1. The van der Waals surface area contributed by atoms with Gasteiger partial charge in [0.2, 0.25) is 0 Å². The van der Waals surface area contributed by atoms with Crippen LogP contribution in [0.3, 0.4) is 0 Å². The molecule has 1 amide bonds. The molecule has 14 heavy (non-hydrogen) atoms. The largest absolute Gasteiger partial charge is 0.332 e. The van der Waals surface area contributed by atoms with Gasteiger partial charge < -0.3 is 4.90 Å². The molecule has 0 bridgehead atoms. The molecular formula is C10H17Cl2NO. The van der Waals surface area contributed by atoms with Crippen molar-refractivity contribution in [3.05, 3.63) is 12.2 Å². The third-order valence-electron chi connectivity index (χ3n) is 1.69. The third-order valence-corrected chi connectivity index (χ3v) is 2.06. The fourth-order valence-corrected chi connectivity index (χ4v) is 1.27. The lowest BCUT2D eigenvalue weighted by Crippen LogP contribution is -2.48. The van der Waals surface area contributed by atoms with Crippen LogP contribution in [0.5, 0.6) is 0 Å². The zero-order valence-corrected chi connectivity index (χ0v) is 10.6. The van der Waals surface area contributed by atoms with Crippen molar-refractivity contribution in [2.45, 2.75) is 38.1 Å². The summed E-state index contributed by atoms with van der Waals surface area (Å²) < 4.78 is 0. The summed E-state index contributed by atoms with van der Waals surface area (Å²) >= 11 is 11.1. The van der Waals surface area contributed by atoms with Crippen molar-refractivity contribution in [3.63, 3.8) is 0 Å². The quantitative estimate of drug-likeness (QED) is 0.546. The molecule has 0 aromatic rings. The van der Waals surface area contributed by atoms with E-state index in [1.54, 1.807) is 4.90 Å². The van der Waals surface area contributed by atoms with Crippen LogP contribution in [-0.4, -0.2) is 27.7 Å². The molecule has 0 fully saturated rings. The molecule has 0 N–H and O–H groups in total. The molecule has 0 heterocycles. The van der Waals surface area contributed by atoms with E-state index in [0.29, 0.717) is 6.54 Å². The number of rotatable bonds is 3. The second-order valence-electron chi connectivity index (χ2n) is 4.35. The molecule has 0 aliphatic heterocycles. The Hall–Kier alpha value is -0.210. The van der Waals surface area contributed by atoms with Gasteiger partial charge in [0.05, 0.1) is 0 Å². The minimum absolute atomic E-state index is 0.274. The van der Waals surface area contributed by atoms with Crippen LogP contribution in [0, 0.1) is 0 Å². The number of alkyl halides is 2. The van der Waals surface area contributed by atoms with E-state index < -0.39 is 4.84 Å². The number of carbonyl (C=O) groups excluding carboxylic acids is 1. The Kier molecular flexibility index (Phi) is 4.96. The smallest absolute Gasteiger partial charge is 0.256 e. The van der Waals surface area contributed by atoms with E-state index in [0.717, 1.165) is 5.57 Å². The minimum Gasteiger partial charge on any atom is -0.332 e. The van der Waals surface area contributed by atoms with E-state index in [2.05, 4.69) is 6.58 Å². The molecule has 0 unspecified atom stereocenters. The molecule has 0 rings (SSSR count). The maximum absolute atomic E-state index is 11.6. The highest BCUT2D eigenvalue weighted by molar-refractivity contribution is 6.53. The molecule has 2 nitrogen and oxygen atoms in total. The van der Waals surface area contributed by atoms with Gasteiger partial charge >= 0.3 is 0 Å². The minimum atomic E-state index is -1.01. The van der Waals surface area contributed by atoms with E-state index in [1.165, 1.54) is 0 Å². The van der Waals surface area contributed by atoms with Crippen LogP contribution in [0.2, 0.25) is 0 Å². The standard InChI is InChI=1S/C10H17Cl2NO/c1-7(2)6-13(10(3,4)5)9(14)8(11)12/h8H,1,6H2,2-5H3. The van der Waals surface area contributed by atoms with Crippen LogP contribution < -0.4 is 0 Å². The average molecular weight is 238 g/mol. The summed E-state index contributed by atoms with van der Waals surface area (Å²) in [5, 5.41) is 0. The maximum atomic E-state index is 11.6. The van der Waals surface area contributed by atoms with Crippen molar-refractivity contribution in [2.75, 3.05) is 6.54 Å². The summed E-state index contributed by atoms with van der Waals surface area (Å²) in [5.74, 6) is -0.274. The number of carbonyl (C=O) groups is 1. The van der Waals surface area contributed by atoms with Crippen LogP contribution in [0.25, 0.3) is 0 Å². The fourth-order valence-electron chi connectivity index (χ4n) is 1.03. The van der Waals surface area contributed by atoms with E-state index in [4.69, 9.17) is 23.2 Å². The average Bonchev–Trinajstić information content (AvgIpc) is 1.96. The lowest BCUT2D eigenvalue weighted by molar-refractivity contribution is -0.133. The maximum Gasteiger partial charge on any atom is 0.256 e. The Balaban J connectivity index is 4.73. The Morgan fingerprint density at radius 1 is 1.43 bits per heavy atom. The monoisotopic (exact) mass is 237 g/mol. The zero-order chi connectivity index (χ0) is 11.5. The fraction of sp³-hybridized carbons (Fsp3) is 0.700. The predicted octanol–water partition coefficient (Wildman–Crippen LogP) is 2.99. The van der Waals surface area contributed by atoms with Gasteiger partial charge in [0.25, 0.3) is 5.91 Å². The normalized spacial score (nSPS) is 11.6. The Morgan fingerprint density at radius 3 is 2.07 bits per heavy atom. The number of hydrogen-bond donors (Lipinski definition) is 0. The summed E-state index contributed by atoms with van der Waals surface area (Å²) in [7, 11) is 0. The summed E-state index contributed by atoms with van der Waals surface area (Å²) in [5.41, 5.74) is 0.611. The molecule has 4 heteroatoms. The van der Waals surface area contributed by atoms with E-state index >= 15 is 0 Å². The lowest BCUT2D eigenvalue weighted by Gasteiger charge is -2.36. The molecule has 0 atom stereocenters. The number of nitrogens with zero attached hydrogens (tertiary/aromatic N) is 1. The molecule has 0 aliphatic rings. The third kappa shape index (κ3) is 4.34. The molecule has 0 radical (unpaired) electrons. The van der Waals surface area contributed by atoms with Gasteiger partial charge in [0, 0.05) is 12.1 Å². The van der Waals surface area contributed by atoms with Crippen molar-refractivity contribution in [2.24, 2.45) is 0 Å². The van der Waals surface area contributed by atoms with Crippen molar-refractivity contribution < 1.29 is 4.79 Å². The van der Waals surface area contributed by atoms with Crippen LogP contribution in [0.15, 0.2) is 12.2 Å². The SMILES string of the molecule is C=C(C)CN(C(=O)C(Cl)Cl)C(C)(C)C. The van der Waals surface area contributed by atoms with E-state index in [9.17, 15) is 4.79 Å². The second-order valence-corrected chi connectivity index (χ2v) is 5.45. The number of halogens is 2. The number of hydrogen-bond acceptors (Lipinski definition) is 1. The molecular weight excluding hydrogens is 221 g/mol. The first-order valence-corrected chi connectivity index (χ1v) is 5.27.